The largest absolute Gasteiger partial charge is 0.320 e. The molecule has 0 spiro atoms. The highest BCUT2D eigenvalue weighted by molar-refractivity contribution is 6.03. The zero-order valence-corrected chi connectivity index (χ0v) is 10.8. The maximum Gasteiger partial charge on any atom is 0.276 e. The number of rotatable bonds is 2. The van der Waals surface area contributed by atoms with Gasteiger partial charge in [-0.15, -0.1) is 0 Å². The molecular weight excluding hydrogens is 240 g/mol. The molecule has 19 heavy (non-hydrogen) atoms. The second kappa shape index (κ2) is 4.85. The van der Waals surface area contributed by atoms with Crippen molar-refractivity contribution in [2.24, 2.45) is 0 Å². The van der Waals surface area contributed by atoms with Crippen LogP contribution in [0.2, 0.25) is 0 Å². The third kappa shape index (κ3) is 2.37. The molecule has 0 unspecified atom stereocenters. The Morgan fingerprint density at radius 2 is 2.32 bits per heavy atom. The van der Waals surface area contributed by atoms with E-state index in [4.69, 9.17) is 0 Å². The topological polar surface area (TPSA) is 69.8 Å². The fourth-order valence-electron chi connectivity index (χ4n) is 2.35. The van der Waals surface area contributed by atoms with Gasteiger partial charge in [-0.3, -0.25) is 9.89 Å². The second-order valence-corrected chi connectivity index (χ2v) is 4.76. The number of H-pyrrole nitrogens is 1. The smallest absolute Gasteiger partial charge is 0.276 e. The molecule has 5 nitrogen and oxygen atoms in total. The number of nitrogens with zero attached hydrogens (tertiary/aromatic N) is 1. The lowest BCUT2D eigenvalue weighted by Gasteiger charge is -2.20. The van der Waals surface area contributed by atoms with Crippen molar-refractivity contribution in [3.63, 3.8) is 0 Å². The molecule has 0 bridgehead atoms. The first-order chi connectivity index (χ1) is 9.24. The number of nitrogens with one attached hydrogen (secondary N) is 3. The van der Waals surface area contributed by atoms with E-state index in [9.17, 15) is 4.79 Å². The van der Waals surface area contributed by atoms with Crippen molar-refractivity contribution in [1.82, 2.24) is 15.5 Å². The first kappa shape index (κ1) is 11.9. The van der Waals surface area contributed by atoms with Crippen LogP contribution in [0.5, 0.6) is 0 Å². The van der Waals surface area contributed by atoms with Gasteiger partial charge in [-0.2, -0.15) is 5.10 Å². The first-order valence-corrected chi connectivity index (χ1v) is 6.39. The standard InChI is InChI=1S/C14H16N4O/c1-9-7-13(18-17-9)14(19)16-12-4-2-3-10-5-6-15-8-11(10)12/h2-4,7,15H,5-6,8H2,1H3,(H,16,19)(H,17,18). The number of aromatic nitrogens is 2. The Morgan fingerprint density at radius 3 is 3.11 bits per heavy atom. The quantitative estimate of drug-likeness (QED) is 0.764. The molecule has 2 heterocycles. The Hall–Kier alpha value is -2.14. The molecule has 3 rings (SSSR count). The van der Waals surface area contributed by atoms with Gasteiger partial charge in [0.15, 0.2) is 5.69 Å². The van der Waals surface area contributed by atoms with E-state index in [0.717, 1.165) is 30.9 Å². The summed E-state index contributed by atoms with van der Waals surface area (Å²) in [7, 11) is 0. The van der Waals surface area contributed by atoms with Crippen LogP contribution >= 0.6 is 0 Å². The molecule has 5 heteroatoms. The predicted molar refractivity (Wildman–Crippen MR) is 73.1 cm³/mol. The number of carbonyl (C=O) groups is 1. The molecule has 2 aromatic rings. The molecule has 0 atom stereocenters. The Morgan fingerprint density at radius 1 is 1.42 bits per heavy atom. The fraction of sp³-hybridized carbons (Fsp3) is 0.286. The van der Waals surface area contributed by atoms with E-state index in [1.165, 1.54) is 11.1 Å². The number of anilines is 1. The summed E-state index contributed by atoms with van der Waals surface area (Å²) < 4.78 is 0. The molecule has 0 saturated carbocycles. The normalized spacial score (nSPS) is 13.9. The van der Waals surface area contributed by atoms with Crippen LogP contribution in [-0.2, 0) is 13.0 Å². The highest BCUT2D eigenvalue weighted by Gasteiger charge is 2.15. The van der Waals surface area contributed by atoms with Gasteiger partial charge in [-0.1, -0.05) is 12.1 Å². The summed E-state index contributed by atoms with van der Waals surface area (Å²) in [5, 5.41) is 13.0. The van der Waals surface area contributed by atoms with Gasteiger partial charge in [-0.05, 0) is 43.1 Å². The summed E-state index contributed by atoms with van der Waals surface area (Å²) >= 11 is 0. The Labute approximate surface area is 111 Å². The zero-order valence-electron chi connectivity index (χ0n) is 10.8. The maximum atomic E-state index is 12.1. The van der Waals surface area contributed by atoms with Crippen LogP contribution in [-0.4, -0.2) is 22.6 Å². The van der Waals surface area contributed by atoms with Gasteiger partial charge in [0.05, 0.1) is 0 Å². The lowest BCUT2D eigenvalue weighted by Crippen LogP contribution is -2.25. The monoisotopic (exact) mass is 256 g/mol. The summed E-state index contributed by atoms with van der Waals surface area (Å²) in [6, 6.07) is 7.77. The molecule has 0 saturated heterocycles. The zero-order chi connectivity index (χ0) is 13.2. The number of hydrogen-bond acceptors (Lipinski definition) is 3. The minimum absolute atomic E-state index is 0.177. The molecule has 1 aromatic carbocycles. The highest BCUT2D eigenvalue weighted by atomic mass is 16.1. The minimum atomic E-state index is -0.177. The summed E-state index contributed by atoms with van der Waals surface area (Å²) in [4.78, 5) is 12.1. The summed E-state index contributed by atoms with van der Waals surface area (Å²) in [5.74, 6) is -0.177. The second-order valence-electron chi connectivity index (χ2n) is 4.76. The third-order valence-electron chi connectivity index (χ3n) is 3.33. The molecule has 0 fully saturated rings. The SMILES string of the molecule is Cc1cc(C(=O)Nc2cccc3c2CNCC3)n[nH]1. The van der Waals surface area contributed by atoms with E-state index in [0.29, 0.717) is 5.69 Å². The van der Waals surface area contributed by atoms with Crippen LogP contribution in [0, 0.1) is 6.92 Å². The molecule has 98 valence electrons. The molecular formula is C14H16N4O. The van der Waals surface area contributed by atoms with E-state index in [-0.39, 0.29) is 5.91 Å². The van der Waals surface area contributed by atoms with Crippen molar-refractivity contribution >= 4 is 11.6 Å². The van der Waals surface area contributed by atoms with Gasteiger partial charge < -0.3 is 10.6 Å². The van der Waals surface area contributed by atoms with Crippen molar-refractivity contribution in [2.45, 2.75) is 19.9 Å². The lowest BCUT2D eigenvalue weighted by atomic mass is 9.99. The van der Waals surface area contributed by atoms with Crippen molar-refractivity contribution in [2.75, 3.05) is 11.9 Å². The number of carbonyl (C=O) groups excluding carboxylic acids is 1. The van der Waals surface area contributed by atoms with E-state index < -0.39 is 0 Å². The van der Waals surface area contributed by atoms with Gasteiger partial charge in [0.25, 0.3) is 5.91 Å². The minimum Gasteiger partial charge on any atom is -0.320 e. The Kier molecular flexibility index (Phi) is 3.05. The van der Waals surface area contributed by atoms with Crippen LogP contribution in [0.4, 0.5) is 5.69 Å². The number of aryl methyl sites for hydroxylation is 1. The van der Waals surface area contributed by atoms with E-state index in [2.05, 4.69) is 26.9 Å². The molecule has 0 radical (unpaired) electrons. The van der Waals surface area contributed by atoms with Crippen molar-refractivity contribution in [3.05, 3.63) is 46.8 Å². The molecule has 1 aliphatic heterocycles. The lowest BCUT2D eigenvalue weighted by molar-refractivity contribution is 0.102. The molecule has 1 amide bonds. The average Bonchev–Trinajstić information content (AvgIpc) is 2.86. The van der Waals surface area contributed by atoms with E-state index >= 15 is 0 Å². The summed E-state index contributed by atoms with van der Waals surface area (Å²) in [5.41, 5.74) is 4.64. The van der Waals surface area contributed by atoms with Crippen molar-refractivity contribution in [3.8, 4) is 0 Å². The van der Waals surface area contributed by atoms with Gasteiger partial charge in [-0.25, -0.2) is 0 Å². The van der Waals surface area contributed by atoms with Gasteiger partial charge in [0.1, 0.15) is 0 Å². The number of hydrogen-bond donors (Lipinski definition) is 3. The maximum absolute atomic E-state index is 12.1. The molecule has 1 aromatic heterocycles. The highest BCUT2D eigenvalue weighted by Crippen LogP contribution is 2.23. The van der Waals surface area contributed by atoms with Crippen LogP contribution in [0.15, 0.2) is 24.3 Å². The van der Waals surface area contributed by atoms with E-state index in [1.807, 2.05) is 19.1 Å². The first-order valence-electron chi connectivity index (χ1n) is 6.39. The van der Waals surface area contributed by atoms with E-state index in [1.54, 1.807) is 6.07 Å². The third-order valence-corrected chi connectivity index (χ3v) is 3.33. The average molecular weight is 256 g/mol. The Bertz CT molecular complexity index is 618. The molecule has 1 aliphatic rings. The Balaban J connectivity index is 1.85. The fourth-order valence-corrected chi connectivity index (χ4v) is 2.35. The predicted octanol–water partition coefficient (Wildman–Crippen LogP) is 1.62. The molecule has 0 aliphatic carbocycles. The van der Waals surface area contributed by atoms with Crippen molar-refractivity contribution < 1.29 is 4.79 Å². The van der Waals surface area contributed by atoms with Crippen LogP contribution in [0.1, 0.15) is 27.3 Å². The number of benzene rings is 1. The van der Waals surface area contributed by atoms with Crippen LogP contribution < -0.4 is 10.6 Å². The van der Waals surface area contributed by atoms with Gasteiger partial charge in [0.2, 0.25) is 0 Å². The van der Waals surface area contributed by atoms with Crippen LogP contribution in [0.25, 0.3) is 0 Å². The number of amides is 1. The van der Waals surface area contributed by atoms with Crippen molar-refractivity contribution in [1.29, 1.82) is 0 Å². The van der Waals surface area contributed by atoms with Gasteiger partial charge in [0, 0.05) is 17.9 Å². The number of fused-ring (bicyclic) bond motifs is 1. The number of aromatic amines is 1. The summed E-state index contributed by atoms with van der Waals surface area (Å²) in [6.07, 6.45) is 1.00. The summed E-state index contributed by atoms with van der Waals surface area (Å²) in [6.45, 7) is 3.66. The molecule has 3 N–H and O–H groups in total. The van der Waals surface area contributed by atoms with Crippen LogP contribution in [0.3, 0.4) is 0 Å². The van der Waals surface area contributed by atoms with Gasteiger partial charge >= 0.3 is 0 Å².